The van der Waals surface area contributed by atoms with Crippen LogP contribution in [0.3, 0.4) is 0 Å². The van der Waals surface area contributed by atoms with Crippen LogP contribution in [0.1, 0.15) is 43.1 Å². The van der Waals surface area contributed by atoms with Crippen molar-refractivity contribution in [3.8, 4) is 0 Å². The van der Waals surface area contributed by atoms with Crippen molar-refractivity contribution >= 4 is 22.9 Å². The quantitative estimate of drug-likeness (QED) is 0.794. The van der Waals surface area contributed by atoms with Crippen LogP contribution in [0.15, 0.2) is 30.5 Å². The molecule has 0 spiro atoms. The summed E-state index contributed by atoms with van der Waals surface area (Å²) in [5.41, 5.74) is 2.49. The van der Waals surface area contributed by atoms with Gasteiger partial charge in [-0.05, 0) is 25.0 Å². The number of anilines is 1. The second kappa shape index (κ2) is 6.12. The molecule has 0 bridgehead atoms. The summed E-state index contributed by atoms with van der Waals surface area (Å²) in [5, 5.41) is 16.9. The predicted molar refractivity (Wildman–Crippen MR) is 88.6 cm³/mol. The zero-order chi connectivity index (χ0) is 15.6. The van der Waals surface area contributed by atoms with Gasteiger partial charge in [-0.25, -0.2) is 0 Å². The van der Waals surface area contributed by atoms with Crippen molar-refractivity contribution in [2.45, 2.75) is 38.1 Å². The zero-order valence-corrected chi connectivity index (χ0v) is 13.4. The summed E-state index contributed by atoms with van der Waals surface area (Å²) in [7, 11) is 0. The van der Waals surface area contributed by atoms with Crippen LogP contribution in [-0.2, 0) is 6.54 Å². The highest BCUT2D eigenvalue weighted by Gasteiger charge is 2.24. The summed E-state index contributed by atoms with van der Waals surface area (Å²) in [6.45, 7) is 0.600. The first-order valence-electron chi connectivity index (χ1n) is 7.87. The molecular formula is C16H17ClN6. The maximum absolute atomic E-state index is 6.20. The Kier molecular flexibility index (Phi) is 3.83. The van der Waals surface area contributed by atoms with E-state index >= 15 is 0 Å². The molecule has 0 atom stereocenters. The Labute approximate surface area is 138 Å². The van der Waals surface area contributed by atoms with Gasteiger partial charge in [-0.1, -0.05) is 30.5 Å². The molecule has 1 fully saturated rings. The summed E-state index contributed by atoms with van der Waals surface area (Å²) in [5.74, 6) is 1.35. The van der Waals surface area contributed by atoms with Gasteiger partial charge >= 0.3 is 0 Å². The lowest BCUT2D eigenvalue weighted by atomic mass is 10.1. The Balaban J connectivity index is 1.66. The number of fused-ring (bicyclic) bond motifs is 1. The third-order valence-electron chi connectivity index (χ3n) is 4.27. The Morgan fingerprint density at radius 2 is 2.09 bits per heavy atom. The minimum atomic E-state index is 0.430. The molecule has 3 heterocycles. The number of halogens is 1. The van der Waals surface area contributed by atoms with E-state index in [4.69, 9.17) is 11.6 Å². The lowest BCUT2D eigenvalue weighted by molar-refractivity contribution is 0.638. The van der Waals surface area contributed by atoms with Crippen molar-refractivity contribution in [1.29, 1.82) is 0 Å². The van der Waals surface area contributed by atoms with Gasteiger partial charge in [0.1, 0.15) is 0 Å². The third kappa shape index (κ3) is 2.86. The average Bonchev–Trinajstić information content (AvgIpc) is 3.22. The largest absolute Gasteiger partial charge is 0.376 e. The van der Waals surface area contributed by atoms with E-state index in [0.717, 1.165) is 30.0 Å². The molecule has 118 valence electrons. The molecule has 0 saturated heterocycles. The van der Waals surface area contributed by atoms with Gasteiger partial charge in [0.2, 0.25) is 5.65 Å². The molecule has 6 nitrogen and oxygen atoms in total. The molecule has 0 unspecified atom stereocenters. The van der Waals surface area contributed by atoms with E-state index in [2.05, 4.69) is 25.6 Å². The van der Waals surface area contributed by atoms with Crippen molar-refractivity contribution in [1.82, 2.24) is 24.8 Å². The lowest BCUT2D eigenvalue weighted by Crippen LogP contribution is -2.07. The van der Waals surface area contributed by atoms with Crippen LogP contribution >= 0.6 is 11.6 Å². The van der Waals surface area contributed by atoms with E-state index < -0.39 is 0 Å². The highest BCUT2D eigenvalue weighted by molar-refractivity contribution is 6.29. The predicted octanol–water partition coefficient (Wildman–Crippen LogP) is 3.44. The number of hydrogen-bond donors (Lipinski definition) is 1. The summed E-state index contributed by atoms with van der Waals surface area (Å²) >= 11 is 6.20. The molecule has 23 heavy (non-hydrogen) atoms. The van der Waals surface area contributed by atoms with Gasteiger partial charge in [0, 0.05) is 18.2 Å². The number of nitrogens with zero attached hydrogens (tertiary/aromatic N) is 5. The average molecular weight is 329 g/mol. The van der Waals surface area contributed by atoms with Crippen molar-refractivity contribution in [3.05, 3.63) is 47.1 Å². The van der Waals surface area contributed by atoms with E-state index in [1.54, 1.807) is 16.8 Å². The molecule has 7 heteroatoms. The molecule has 0 radical (unpaired) electrons. The van der Waals surface area contributed by atoms with Crippen LogP contribution in [0, 0.1) is 0 Å². The molecule has 1 aliphatic carbocycles. The Hall–Kier alpha value is -2.21. The van der Waals surface area contributed by atoms with Gasteiger partial charge in [-0.3, -0.25) is 4.98 Å². The third-order valence-corrected chi connectivity index (χ3v) is 4.46. The van der Waals surface area contributed by atoms with Crippen LogP contribution in [0.5, 0.6) is 0 Å². The monoisotopic (exact) mass is 328 g/mol. The summed E-state index contributed by atoms with van der Waals surface area (Å²) in [4.78, 5) is 4.31. The minimum Gasteiger partial charge on any atom is -0.376 e. The van der Waals surface area contributed by atoms with Crippen molar-refractivity contribution in [2.75, 3.05) is 5.32 Å². The fourth-order valence-electron chi connectivity index (χ4n) is 3.12. The second-order valence-corrected chi connectivity index (χ2v) is 6.22. The normalized spacial score (nSPS) is 15.3. The maximum atomic E-state index is 6.20. The van der Waals surface area contributed by atoms with E-state index in [1.807, 2.05) is 18.2 Å². The van der Waals surface area contributed by atoms with Crippen LogP contribution in [-0.4, -0.2) is 24.8 Å². The highest BCUT2D eigenvalue weighted by Crippen LogP contribution is 2.33. The van der Waals surface area contributed by atoms with Gasteiger partial charge in [0.05, 0.1) is 17.9 Å². The summed E-state index contributed by atoms with van der Waals surface area (Å²) in [6, 6.07) is 7.62. The summed E-state index contributed by atoms with van der Waals surface area (Å²) in [6.07, 6.45) is 6.55. The van der Waals surface area contributed by atoms with Gasteiger partial charge in [-0.2, -0.15) is 9.61 Å². The molecule has 0 amide bonds. The number of aromatic nitrogens is 5. The number of hydrogen-bond acceptors (Lipinski definition) is 5. The SMILES string of the molecule is Clc1cc(NCc2ccccn2)c2nnc(C3CCCC3)n2n1. The first-order valence-corrected chi connectivity index (χ1v) is 8.25. The zero-order valence-electron chi connectivity index (χ0n) is 12.6. The molecule has 1 saturated carbocycles. The Morgan fingerprint density at radius 1 is 1.22 bits per heavy atom. The topological polar surface area (TPSA) is 68.0 Å². The maximum Gasteiger partial charge on any atom is 0.201 e. The second-order valence-electron chi connectivity index (χ2n) is 5.83. The molecule has 0 aromatic carbocycles. The van der Waals surface area contributed by atoms with Gasteiger partial charge < -0.3 is 5.32 Å². The molecule has 3 aromatic rings. The molecule has 1 aliphatic rings. The van der Waals surface area contributed by atoms with Gasteiger partial charge in [0.15, 0.2) is 11.0 Å². The Bertz CT molecular complexity index is 810. The van der Waals surface area contributed by atoms with Crippen LogP contribution in [0.2, 0.25) is 5.15 Å². The number of rotatable bonds is 4. The van der Waals surface area contributed by atoms with Crippen LogP contribution < -0.4 is 5.32 Å². The van der Waals surface area contributed by atoms with E-state index in [1.165, 1.54) is 12.8 Å². The fourth-order valence-corrected chi connectivity index (χ4v) is 3.31. The first kappa shape index (κ1) is 14.4. The van der Waals surface area contributed by atoms with E-state index in [-0.39, 0.29) is 0 Å². The molecule has 3 aromatic heterocycles. The minimum absolute atomic E-state index is 0.430. The Morgan fingerprint density at radius 3 is 2.87 bits per heavy atom. The first-order chi connectivity index (χ1) is 11.3. The van der Waals surface area contributed by atoms with Crippen LogP contribution in [0.25, 0.3) is 5.65 Å². The van der Waals surface area contributed by atoms with Gasteiger partial charge in [0.25, 0.3) is 0 Å². The smallest absolute Gasteiger partial charge is 0.201 e. The van der Waals surface area contributed by atoms with Gasteiger partial charge in [-0.15, -0.1) is 10.2 Å². The van der Waals surface area contributed by atoms with E-state index in [9.17, 15) is 0 Å². The summed E-state index contributed by atoms with van der Waals surface area (Å²) < 4.78 is 1.79. The highest BCUT2D eigenvalue weighted by atomic mass is 35.5. The van der Waals surface area contributed by atoms with Crippen molar-refractivity contribution in [3.63, 3.8) is 0 Å². The molecule has 0 aliphatic heterocycles. The standard InChI is InChI=1S/C16H17ClN6/c17-14-9-13(19-10-12-7-3-4-8-18-12)16-21-20-15(23(16)22-14)11-5-1-2-6-11/h3-4,7-9,11,19H,1-2,5-6,10H2. The van der Waals surface area contributed by atoms with Crippen molar-refractivity contribution in [2.24, 2.45) is 0 Å². The molecule has 1 N–H and O–H groups in total. The van der Waals surface area contributed by atoms with Crippen molar-refractivity contribution < 1.29 is 0 Å². The van der Waals surface area contributed by atoms with E-state index in [0.29, 0.717) is 23.3 Å². The fraction of sp³-hybridized carbons (Fsp3) is 0.375. The number of pyridine rings is 1. The van der Waals surface area contributed by atoms with Crippen LogP contribution in [0.4, 0.5) is 5.69 Å². The lowest BCUT2D eigenvalue weighted by Gasteiger charge is -2.09. The number of nitrogens with one attached hydrogen (secondary N) is 1. The molecule has 4 rings (SSSR count). The molecular weight excluding hydrogens is 312 g/mol.